The van der Waals surface area contributed by atoms with Crippen molar-refractivity contribution < 1.29 is 23.8 Å². The molecular formula is C23H16ClFN2O4. The normalized spacial score (nSPS) is 17.8. The van der Waals surface area contributed by atoms with Gasteiger partial charge in [-0.3, -0.25) is 19.5 Å². The molecule has 1 aliphatic heterocycles. The first kappa shape index (κ1) is 20.6. The predicted octanol–water partition coefficient (Wildman–Crippen LogP) is 4.51. The number of halogens is 2. The van der Waals surface area contributed by atoms with Crippen LogP contribution in [-0.2, 0) is 9.59 Å². The van der Waals surface area contributed by atoms with E-state index >= 15 is 0 Å². The first-order valence-corrected chi connectivity index (χ1v) is 9.60. The molecule has 1 aromatic heterocycles. The van der Waals surface area contributed by atoms with Gasteiger partial charge in [0, 0.05) is 23.1 Å². The van der Waals surface area contributed by atoms with Gasteiger partial charge in [0.25, 0.3) is 11.7 Å². The zero-order valence-corrected chi connectivity index (χ0v) is 17.0. The zero-order valence-electron chi connectivity index (χ0n) is 16.3. The molecule has 31 heavy (non-hydrogen) atoms. The van der Waals surface area contributed by atoms with Crippen molar-refractivity contribution >= 4 is 34.7 Å². The van der Waals surface area contributed by atoms with E-state index in [0.717, 1.165) is 0 Å². The topological polar surface area (TPSA) is 79.7 Å². The SMILES string of the molecule is COc1ccc(Cl)cc1/C(O)=C1\C(=O)C(=O)N(c2ccc(F)cc2)C1c1ccncc1. The summed E-state index contributed by atoms with van der Waals surface area (Å²) in [6.45, 7) is 0. The smallest absolute Gasteiger partial charge is 0.300 e. The molecule has 0 saturated carbocycles. The number of anilines is 1. The van der Waals surface area contributed by atoms with Crippen LogP contribution in [0, 0.1) is 5.82 Å². The molecule has 156 valence electrons. The molecule has 0 bridgehead atoms. The number of benzene rings is 2. The van der Waals surface area contributed by atoms with Crippen LogP contribution in [0.25, 0.3) is 5.76 Å². The molecule has 1 fully saturated rings. The lowest BCUT2D eigenvalue weighted by molar-refractivity contribution is -0.132. The van der Waals surface area contributed by atoms with Crippen molar-refractivity contribution in [3.8, 4) is 5.75 Å². The maximum atomic E-state index is 13.5. The van der Waals surface area contributed by atoms with Crippen LogP contribution in [0.1, 0.15) is 17.2 Å². The summed E-state index contributed by atoms with van der Waals surface area (Å²) >= 11 is 6.09. The predicted molar refractivity (Wildman–Crippen MR) is 113 cm³/mol. The van der Waals surface area contributed by atoms with Gasteiger partial charge in [-0.05, 0) is 60.2 Å². The van der Waals surface area contributed by atoms with Crippen molar-refractivity contribution in [2.24, 2.45) is 0 Å². The lowest BCUT2D eigenvalue weighted by atomic mass is 9.95. The molecule has 3 aromatic rings. The van der Waals surface area contributed by atoms with Crippen LogP contribution >= 0.6 is 11.6 Å². The summed E-state index contributed by atoms with van der Waals surface area (Å²) in [5.41, 5.74) is 0.885. The lowest BCUT2D eigenvalue weighted by Crippen LogP contribution is -2.29. The second-order valence-electron chi connectivity index (χ2n) is 6.77. The zero-order chi connectivity index (χ0) is 22.1. The molecule has 2 aromatic carbocycles. The highest BCUT2D eigenvalue weighted by Crippen LogP contribution is 2.43. The Balaban J connectivity index is 1.97. The average Bonchev–Trinajstić information content (AvgIpc) is 3.05. The van der Waals surface area contributed by atoms with Gasteiger partial charge in [0.15, 0.2) is 0 Å². The van der Waals surface area contributed by atoms with E-state index in [4.69, 9.17) is 16.3 Å². The number of aliphatic hydroxyl groups is 1. The van der Waals surface area contributed by atoms with Crippen molar-refractivity contribution in [3.05, 3.63) is 94.5 Å². The highest BCUT2D eigenvalue weighted by Gasteiger charge is 2.47. The summed E-state index contributed by atoms with van der Waals surface area (Å²) in [7, 11) is 1.41. The van der Waals surface area contributed by atoms with E-state index in [9.17, 15) is 19.1 Å². The van der Waals surface area contributed by atoms with Crippen LogP contribution < -0.4 is 9.64 Å². The highest BCUT2D eigenvalue weighted by molar-refractivity contribution is 6.51. The Morgan fingerprint density at radius 1 is 1.10 bits per heavy atom. The summed E-state index contributed by atoms with van der Waals surface area (Å²) in [6, 6.07) is 12.1. The van der Waals surface area contributed by atoms with Crippen molar-refractivity contribution in [3.63, 3.8) is 0 Å². The first-order chi connectivity index (χ1) is 14.9. The van der Waals surface area contributed by atoms with Crippen LogP contribution in [0.4, 0.5) is 10.1 Å². The molecule has 0 radical (unpaired) electrons. The van der Waals surface area contributed by atoms with E-state index in [1.54, 1.807) is 24.3 Å². The fourth-order valence-electron chi connectivity index (χ4n) is 3.57. The summed E-state index contributed by atoms with van der Waals surface area (Å²) in [5, 5.41) is 11.5. The van der Waals surface area contributed by atoms with Gasteiger partial charge in [-0.2, -0.15) is 0 Å². The Morgan fingerprint density at radius 3 is 2.42 bits per heavy atom. The highest BCUT2D eigenvalue weighted by atomic mass is 35.5. The fraction of sp³-hybridized carbons (Fsp3) is 0.0870. The first-order valence-electron chi connectivity index (χ1n) is 9.22. The number of hydrogen-bond acceptors (Lipinski definition) is 5. The Labute approximate surface area is 182 Å². The third-order valence-electron chi connectivity index (χ3n) is 4.99. The monoisotopic (exact) mass is 438 g/mol. The van der Waals surface area contributed by atoms with Crippen molar-refractivity contribution in [2.45, 2.75) is 6.04 Å². The quantitative estimate of drug-likeness (QED) is 0.368. The molecule has 1 unspecified atom stereocenters. The molecule has 1 N–H and O–H groups in total. The Hall–Kier alpha value is -3.71. The Kier molecular flexibility index (Phi) is 5.44. The van der Waals surface area contributed by atoms with Gasteiger partial charge < -0.3 is 9.84 Å². The number of methoxy groups -OCH3 is 1. The second-order valence-corrected chi connectivity index (χ2v) is 7.21. The van der Waals surface area contributed by atoms with E-state index < -0.39 is 29.3 Å². The summed E-state index contributed by atoms with van der Waals surface area (Å²) < 4.78 is 18.8. The number of rotatable bonds is 4. The average molecular weight is 439 g/mol. The summed E-state index contributed by atoms with van der Waals surface area (Å²) in [6.07, 6.45) is 3.03. The molecular weight excluding hydrogens is 423 g/mol. The number of amides is 1. The van der Waals surface area contributed by atoms with Gasteiger partial charge in [-0.25, -0.2) is 4.39 Å². The van der Waals surface area contributed by atoms with E-state index in [2.05, 4.69) is 4.98 Å². The molecule has 1 amide bonds. The van der Waals surface area contributed by atoms with Gasteiger partial charge in [0.05, 0.1) is 24.3 Å². The van der Waals surface area contributed by atoms with Crippen LogP contribution in [-0.4, -0.2) is 28.9 Å². The van der Waals surface area contributed by atoms with E-state index in [1.165, 1.54) is 54.7 Å². The molecule has 0 aliphatic carbocycles. The number of nitrogens with zero attached hydrogens (tertiary/aromatic N) is 2. The van der Waals surface area contributed by atoms with Crippen LogP contribution in [0.5, 0.6) is 5.75 Å². The number of ketones is 1. The van der Waals surface area contributed by atoms with Gasteiger partial charge in [0.1, 0.15) is 17.3 Å². The van der Waals surface area contributed by atoms with Crippen LogP contribution in [0.15, 0.2) is 72.6 Å². The number of hydrogen-bond donors (Lipinski definition) is 1. The van der Waals surface area contributed by atoms with Crippen LogP contribution in [0.3, 0.4) is 0 Å². The van der Waals surface area contributed by atoms with Crippen molar-refractivity contribution in [1.29, 1.82) is 0 Å². The largest absolute Gasteiger partial charge is 0.507 e. The number of Topliss-reactive ketones (excluding diaryl/α,β-unsaturated/α-hetero) is 1. The van der Waals surface area contributed by atoms with Gasteiger partial charge in [0.2, 0.25) is 0 Å². The van der Waals surface area contributed by atoms with Gasteiger partial charge in [-0.15, -0.1) is 0 Å². The molecule has 0 spiro atoms. The van der Waals surface area contributed by atoms with Gasteiger partial charge in [-0.1, -0.05) is 11.6 Å². The van der Waals surface area contributed by atoms with Crippen molar-refractivity contribution in [1.82, 2.24) is 4.98 Å². The third-order valence-corrected chi connectivity index (χ3v) is 5.22. The molecule has 2 heterocycles. The lowest BCUT2D eigenvalue weighted by Gasteiger charge is -2.25. The summed E-state index contributed by atoms with van der Waals surface area (Å²) in [5.74, 6) is -2.36. The van der Waals surface area contributed by atoms with Crippen LogP contribution in [0.2, 0.25) is 5.02 Å². The second kappa shape index (κ2) is 8.20. The number of carbonyl (C=O) groups is 2. The van der Waals surface area contributed by atoms with E-state index in [-0.39, 0.29) is 16.9 Å². The molecule has 1 atom stereocenters. The maximum absolute atomic E-state index is 13.5. The minimum absolute atomic E-state index is 0.138. The minimum atomic E-state index is -0.961. The third kappa shape index (κ3) is 3.64. The molecule has 1 saturated heterocycles. The van der Waals surface area contributed by atoms with Crippen molar-refractivity contribution in [2.75, 3.05) is 12.0 Å². The molecule has 4 rings (SSSR count). The number of aliphatic hydroxyl groups excluding tert-OH is 1. The fourth-order valence-corrected chi connectivity index (χ4v) is 3.74. The molecule has 6 nitrogen and oxygen atoms in total. The number of carbonyl (C=O) groups excluding carboxylic acids is 2. The summed E-state index contributed by atoms with van der Waals surface area (Å²) in [4.78, 5) is 31.3. The standard InChI is InChI=1S/C23H16ClFN2O4/c1-31-18-7-2-14(24)12-17(18)21(28)19-20(13-8-10-26-11-9-13)27(23(30)22(19)29)16-5-3-15(25)4-6-16/h2-12,20,28H,1H3/b21-19+. The van der Waals surface area contributed by atoms with E-state index in [1.807, 2.05) is 0 Å². The van der Waals surface area contributed by atoms with Gasteiger partial charge >= 0.3 is 0 Å². The number of aromatic nitrogens is 1. The van der Waals surface area contributed by atoms with E-state index in [0.29, 0.717) is 16.3 Å². The minimum Gasteiger partial charge on any atom is -0.507 e. The molecule has 1 aliphatic rings. The maximum Gasteiger partial charge on any atom is 0.300 e. The number of ether oxygens (including phenoxy) is 1. The number of pyridine rings is 1. The molecule has 8 heteroatoms. The Bertz CT molecular complexity index is 1200. The Morgan fingerprint density at radius 2 is 1.77 bits per heavy atom.